The molecular weight excluding hydrogens is 121 g/mol. The summed E-state index contributed by atoms with van der Waals surface area (Å²) in [7, 11) is 0. The van der Waals surface area contributed by atoms with Crippen LogP contribution in [0.2, 0.25) is 0 Å². The van der Waals surface area contributed by atoms with Crippen molar-refractivity contribution in [2.45, 2.75) is 13.3 Å². The summed E-state index contributed by atoms with van der Waals surface area (Å²) in [4.78, 5) is 4.00. The van der Waals surface area contributed by atoms with Crippen molar-refractivity contribution in [3.8, 4) is 0 Å². The minimum atomic E-state index is 0.990. The van der Waals surface area contributed by atoms with Crippen molar-refractivity contribution in [1.29, 1.82) is 0 Å². The zero-order valence-corrected chi connectivity index (χ0v) is 6.12. The van der Waals surface area contributed by atoms with E-state index in [-0.39, 0.29) is 0 Å². The van der Waals surface area contributed by atoms with Crippen LogP contribution in [-0.2, 0) is 6.42 Å². The Labute approximate surface area is 62.0 Å². The fourth-order valence-corrected chi connectivity index (χ4v) is 0.773. The van der Waals surface area contributed by atoms with Crippen molar-refractivity contribution in [1.82, 2.24) is 4.98 Å². The second-order valence-corrected chi connectivity index (χ2v) is 2.13. The van der Waals surface area contributed by atoms with E-state index >= 15 is 0 Å². The van der Waals surface area contributed by atoms with Crippen molar-refractivity contribution in [2.24, 2.45) is 0 Å². The molecule has 0 amide bonds. The van der Waals surface area contributed by atoms with E-state index in [4.69, 9.17) is 0 Å². The van der Waals surface area contributed by atoms with Gasteiger partial charge in [-0.3, -0.25) is 0 Å². The third-order valence-corrected chi connectivity index (χ3v) is 1.31. The molecule has 1 nitrogen and oxygen atoms in total. The molecule has 0 aliphatic carbocycles. The molecule has 0 aliphatic heterocycles. The van der Waals surface area contributed by atoms with Gasteiger partial charge in [0.2, 0.25) is 0 Å². The Balaban J connectivity index is 2.59. The number of hydrogen-bond acceptors (Lipinski definition) is 1. The van der Waals surface area contributed by atoms with E-state index in [0.717, 1.165) is 6.42 Å². The van der Waals surface area contributed by atoms with Crippen LogP contribution >= 0.6 is 0 Å². The van der Waals surface area contributed by atoms with Crippen molar-refractivity contribution in [2.75, 3.05) is 0 Å². The third kappa shape index (κ3) is 2.13. The van der Waals surface area contributed by atoms with E-state index in [2.05, 4.69) is 18.0 Å². The first-order valence-electron chi connectivity index (χ1n) is 3.43. The molecule has 1 aromatic heterocycles. The predicted molar refractivity (Wildman–Crippen MR) is 44.1 cm³/mol. The molecule has 0 saturated carbocycles. The summed E-state index contributed by atoms with van der Waals surface area (Å²) in [6.07, 6.45) is 8.84. The van der Waals surface area contributed by atoms with Gasteiger partial charge >= 0.3 is 61.2 Å². The summed E-state index contributed by atoms with van der Waals surface area (Å²) in [6.45, 7) is 4.10. The molecule has 0 aliphatic rings. The van der Waals surface area contributed by atoms with Crippen molar-refractivity contribution >= 4 is 6.91 Å². The second-order valence-electron chi connectivity index (χ2n) is 2.13. The second kappa shape index (κ2) is 3.99. The van der Waals surface area contributed by atoms with Crippen LogP contribution in [0.4, 0.5) is 0 Å². The minimum absolute atomic E-state index is 0.990. The monoisotopic (exact) mass is 131 g/mol. The average molecular weight is 131 g/mol. The van der Waals surface area contributed by atoms with E-state index < -0.39 is 0 Å². The summed E-state index contributed by atoms with van der Waals surface area (Å²) in [5.41, 5.74) is 1.26. The van der Waals surface area contributed by atoms with Crippen LogP contribution in [0, 0.1) is 0 Å². The molecule has 1 rings (SSSR count). The topological polar surface area (TPSA) is 12.9 Å². The van der Waals surface area contributed by atoms with Crippen LogP contribution in [0.1, 0.15) is 12.4 Å². The fraction of sp³-hybridized carbons (Fsp3) is 0.250. The Bertz CT molecular complexity index is 206. The molecule has 0 atom stereocenters. The quantitative estimate of drug-likeness (QED) is 0.554. The normalized spacial score (nSPS) is 10.1. The van der Waals surface area contributed by atoms with Crippen LogP contribution in [-0.4, -0.2) is 11.9 Å². The number of hydrogen-bond donors (Lipinski definition) is 0. The number of aromatic nitrogens is 1. The molecule has 0 bridgehead atoms. The van der Waals surface area contributed by atoms with Gasteiger partial charge in [-0.1, -0.05) is 0 Å². The zero-order chi connectivity index (χ0) is 7.23. The van der Waals surface area contributed by atoms with Gasteiger partial charge in [-0.15, -0.1) is 0 Å². The van der Waals surface area contributed by atoms with Gasteiger partial charge in [0.05, 0.1) is 0 Å². The molecule has 10 heavy (non-hydrogen) atoms. The third-order valence-electron chi connectivity index (χ3n) is 1.31. The standard InChI is InChI=1S/C8H10BN/c1-2-3-4-8-7-10-6-5-9-8/h2-3,5-7H,4H2,1H3/b3-2+. The molecule has 1 aromatic rings. The maximum absolute atomic E-state index is 4.00. The van der Waals surface area contributed by atoms with Crippen LogP contribution in [0.25, 0.3) is 0 Å². The Morgan fingerprint density at radius 1 is 1.70 bits per heavy atom. The molecule has 0 spiro atoms. The van der Waals surface area contributed by atoms with Gasteiger partial charge in [0.1, 0.15) is 0 Å². The molecule has 1 heterocycles. The summed E-state index contributed by atoms with van der Waals surface area (Å²) in [5, 5.41) is 0. The first kappa shape index (κ1) is 7.20. The first-order chi connectivity index (χ1) is 4.93. The molecule has 50 valence electrons. The van der Waals surface area contributed by atoms with E-state index in [9.17, 15) is 0 Å². The predicted octanol–water partition coefficient (Wildman–Crippen LogP) is 1.54. The van der Waals surface area contributed by atoms with Crippen LogP contribution < -0.4 is 0 Å². The maximum atomic E-state index is 4.00. The summed E-state index contributed by atoms with van der Waals surface area (Å²) in [6, 6.07) is 0. The molecule has 0 fully saturated rings. The van der Waals surface area contributed by atoms with Crippen LogP contribution in [0.3, 0.4) is 0 Å². The van der Waals surface area contributed by atoms with Gasteiger partial charge in [-0.05, 0) is 0 Å². The summed E-state index contributed by atoms with van der Waals surface area (Å²) >= 11 is 0. The molecule has 0 saturated heterocycles. The Kier molecular flexibility index (Phi) is 2.87. The van der Waals surface area contributed by atoms with Gasteiger partial charge in [-0.2, -0.15) is 0 Å². The molecule has 0 unspecified atom stereocenters. The van der Waals surface area contributed by atoms with Crippen molar-refractivity contribution < 1.29 is 0 Å². The molecule has 0 radical (unpaired) electrons. The molecular formula is C8H10BN. The number of nitrogens with zero attached hydrogens (tertiary/aromatic N) is 1. The Hall–Kier alpha value is -0.915. The fourth-order valence-electron chi connectivity index (χ4n) is 0.773. The summed E-state index contributed by atoms with van der Waals surface area (Å²) < 4.78 is 0. The van der Waals surface area contributed by atoms with Crippen LogP contribution in [0.5, 0.6) is 0 Å². The van der Waals surface area contributed by atoms with Gasteiger partial charge in [-0.25, -0.2) is 0 Å². The van der Waals surface area contributed by atoms with E-state index in [0.29, 0.717) is 0 Å². The number of allylic oxidation sites excluding steroid dienone is 2. The van der Waals surface area contributed by atoms with Gasteiger partial charge in [0, 0.05) is 0 Å². The van der Waals surface area contributed by atoms with E-state index in [1.165, 1.54) is 5.46 Å². The van der Waals surface area contributed by atoms with E-state index in [1.807, 2.05) is 25.2 Å². The van der Waals surface area contributed by atoms with Gasteiger partial charge < -0.3 is 0 Å². The molecule has 2 heteroatoms. The number of rotatable bonds is 2. The SMILES string of the molecule is C/C=C/Cc1bccnc1. The molecule has 0 aromatic carbocycles. The molecule has 0 N–H and O–H groups in total. The summed E-state index contributed by atoms with van der Waals surface area (Å²) in [5.74, 6) is 1.96. The van der Waals surface area contributed by atoms with Gasteiger partial charge in [0.15, 0.2) is 0 Å². The zero-order valence-electron chi connectivity index (χ0n) is 6.12. The Morgan fingerprint density at radius 3 is 3.20 bits per heavy atom. The average Bonchev–Trinajstić information content (AvgIpc) is 2.03. The van der Waals surface area contributed by atoms with Crippen molar-refractivity contribution in [3.05, 3.63) is 36.0 Å². The first-order valence-corrected chi connectivity index (χ1v) is 3.43. The Morgan fingerprint density at radius 2 is 2.60 bits per heavy atom. The van der Waals surface area contributed by atoms with Crippen molar-refractivity contribution in [3.63, 3.8) is 0 Å². The van der Waals surface area contributed by atoms with E-state index in [1.54, 1.807) is 6.20 Å². The van der Waals surface area contributed by atoms with Crippen LogP contribution in [0.15, 0.2) is 30.5 Å². The van der Waals surface area contributed by atoms with Gasteiger partial charge in [0.25, 0.3) is 0 Å².